The molecule has 3 rings (SSSR count). The Morgan fingerprint density at radius 2 is 2.04 bits per heavy atom. The zero-order chi connectivity index (χ0) is 16.4. The first-order valence-corrected chi connectivity index (χ1v) is 7.06. The molecule has 0 aliphatic carbocycles. The topological polar surface area (TPSA) is 73.9 Å². The zero-order valence-corrected chi connectivity index (χ0v) is 12.8. The van der Waals surface area contributed by atoms with E-state index in [-0.39, 0.29) is 12.4 Å². The average molecular weight is 334 g/mol. The minimum atomic E-state index is -0.519. The van der Waals surface area contributed by atoms with Gasteiger partial charge in [0, 0.05) is 0 Å². The number of esters is 1. The first kappa shape index (κ1) is 15.2. The number of halogens is 1. The number of para-hydroxylation sites is 1. The maximum Gasteiger partial charge on any atom is 0.337 e. The number of hydrogen-bond acceptors (Lipinski definition) is 5. The van der Waals surface area contributed by atoms with Crippen molar-refractivity contribution < 1.29 is 23.8 Å². The smallest absolute Gasteiger partial charge is 0.337 e. The lowest BCUT2D eigenvalue weighted by Gasteiger charge is -2.10. The minimum absolute atomic E-state index is 0.0677. The van der Waals surface area contributed by atoms with Crippen LogP contribution < -0.4 is 14.8 Å². The number of ether oxygens (including phenoxy) is 3. The van der Waals surface area contributed by atoms with Gasteiger partial charge in [0.15, 0.2) is 11.5 Å². The van der Waals surface area contributed by atoms with E-state index in [0.717, 1.165) is 0 Å². The van der Waals surface area contributed by atoms with E-state index in [4.69, 9.17) is 21.1 Å². The summed E-state index contributed by atoms with van der Waals surface area (Å²) in [4.78, 5) is 24.0. The van der Waals surface area contributed by atoms with Crippen LogP contribution in [0.25, 0.3) is 0 Å². The van der Waals surface area contributed by atoms with E-state index in [2.05, 4.69) is 10.1 Å². The van der Waals surface area contributed by atoms with Crippen molar-refractivity contribution in [3.05, 3.63) is 52.5 Å². The number of carbonyl (C=O) groups is 2. The number of anilines is 1. The zero-order valence-electron chi connectivity index (χ0n) is 12.1. The number of hydrogen-bond donors (Lipinski definition) is 1. The molecular weight excluding hydrogens is 322 g/mol. The lowest BCUT2D eigenvalue weighted by Crippen LogP contribution is -2.14. The van der Waals surface area contributed by atoms with Crippen LogP contribution in [0.1, 0.15) is 20.7 Å². The van der Waals surface area contributed by atoms with Crippen molar-refractivity contribution in [3.8, 4) is 11.5 Å². The summed E-state index contributed by atoms with van der Waals surface area (Å²) < 4.78 is 15.2. The maximum absolute atomic E-state index is 12.5. The minimum Gasteiger partial charge on any atom is -0.465 e. The third-order valence-electron chi connectivity index (χ3n) is 3.28. The second-order valence-corrected chi connectivity index (χ2v) is 5.09. The largest absolute Gasteiger partial charge is 0.465 e. The van der Waals surface area contributed by atoms with E-state index in [1.54, 1.807) is 18.2 Å². The molecule has 0 unspecified atom stereocenters. The Bertz CT molecular complexity index is 790. The number of rotatable bonds is 3. The molecule has 0 atom stereocenters. The number of fused-ring (bicyclic) bond motifs is 1. The van der Waals surface area contributed by atoms with Crippen molar-refractivity contribution in [3.63, 3.8) is 0 Å². The van der Waals surface area contributed by atoms with E-state index in [1.807, 2.05) is 0 Å². The van der Waals surface area contributed by atoms with Crippen LogP contribution >= 0.6 is 11.6 Å². The molecule has 0 saturated heterocycles. The molecule has 1 N–H and O–H groups in total. The van der Waals surface area contributed by atoms with Gasteiger partial charge in [-0.15, -0.1) is 0 Å². The van der Waals surface area contributed by atoms with Gasteiger partial charge in [-0.1, -0.05) is 17.7 Å². The second-order valence-electron chi connectivity index (χ2n) is 4.68. The molecule has 1 amide bonds. The fraction of sp³-hybridized carbons (Fsp3) is 0.125. The summed E-state index contributed by atoms with van der Waals surface area (Å²) >= 11 is 6.07. The molecule has 0 spiro atoms. The van der Waals surface area contributed by atoms with Gasteiger partial charge in [0.2, 0.25) is 6.79 Å². The SMILES string of the molecule is COC(=O)c1ccc(Cl)c(NC(=O)c2cccc3c2OCO3)c1. The van der Waals surface area contributed by atoms with Gasteiger partial charge in [0.05, 0.1) is 28.9 Å². The Labute approximate surface area is 136 Å². The number of methoxy groups -OCH3 is 1. The molecule has 1 aliphatic rings. The molecule has 0 radical (unpaired) electrons. The highest BCUT2D eigenvalue weighted by molar-refractivity contribution is 6.34. The third-order valence-corrected chi connectivity index (χ3v) is 3.61. The van der Waals surface area contributed by atoms with Gasteiger partial charge in [0.25, 0.3) is 5.91 Å². The maximum atomic E-state index is 12.5. The summed E-state index contributed by atoms with van der Waals surface area (Å²) in [5, 5.41) is 2.96. The Morgan fingerprint density at radius 3 is 2.83 bits per heavy atom. The van der Waals surface area contributed by atoms with Crippen molar-refractivity contribution >= 4 is 29.2 Å². The third kappa shape index (κ3) is 2.93. The van der Waals surface area contributed by atoms with Crippen molar-refractivity contribution in [2.75, 3.05) is 19.2 Å². The molecular formula is C16H12ClNO5. The van der Waals surface area contributed by atoms with Crippen LogP contribution in [0, 0.1) is 0 Å². The molecule has 0 aromatic heterocycles. The quantitative estimate of drug-likeness (QED) is 0.874. The molecule has 0 saturated carbocycles. The summed E-state index contributed by atoms with van der Waals surface area (Å²) in [6.07, 6.45) is 0. The Kier molecular flexibility index (Phi) is 4.08. The molecule has 0 bridgehead atoms. The molecule has 0 fully saturated rings. The van der Waals surface area contributed by atoms with E-state index in [9.17, 15) is 9.59 Å². The van der Waals surface area contributed by atoms with Crippen molar-refractivity contribution in [1.82, 2.24) is 0 Å². The molecule has 7 heteroatoms. The number of benzene rings is 2. The van der Waals surface area contributed by atoms with Gasteiger partial charge in [-0.2, -0.15) is 0 Å². The number of nitrogens with one attached hydrogen (secondary N) is 1. The highest BCUT2D eigenvalue weighted by Gasteiger charge is 2.22. The van der Waals surface area contributed by atoms with E-state index < -0.39 is 11.9 Å². The standard InChI is InChI=1S/C16H12ClNO5/c1-21-16(20)9-5-6-11(17)12(7-9)18-15(19)10-3-2-4-13-14(10)23-8-22-13/h2-7H,8H2,1H3,(H,18,19). The lowest BCUT2D eigenvalue weighted by atomic mass is 10.1. The van der Waals surface area contributed by atoms with E-state index in [1.165, 1.54) is 25.3 Å². The van der Waals surface area contributed by atoms with Crippen LogP contribution in [0.5, 0.6) is 11.5 Å². The van der Waals surface area contributed by atoms with Crippen LogP contribution in [0.4, 0.5) is 5.69 Å². The Morgan fingerprint density at radius 1 is 1.22 bits per heavy atom. The van der Waals surface area contributed by atoms with Gasteiger partial charge in [-0.05, 0) is 30.3 Å². The summed E-state index contributed by atoms with van der Waals surface area (Å²) in [5.74, 6) is -0.0527. The average Bonchev–Trinajstić information content (AvgIpc) is 3.04. The normalized spacial score (nSPS) is 11.9. The fourth-order valence-electron chi connectivity index (χ4n) is 2.16. The first-order valence-electron chi connectivity index (χ1n) is 6.68. The van der Waals surface area contributed by atoms with Crippen LogP contribution in [-0.2, 0) is 4.74 Å². The van der Waals surface area contributed by atoms with E-state index in [0.29, 0.717) is 27.8 Å². The van der Waals surface area contributed by atoms with Crippen LogP contribution in [0.2, 0.25) is 5.02 Å². The summed E-state index contributed by atoms with van der Waals surface area (Å²) in [7, 11) is 1.28. The van der Waals surface area contributed by atoms with Crippen LogP contribution in [-0.4, -0.2) is 25.8 Å². The van der Waals surface area contributed by atoms with Gasteiger partial charge in [0.1, 0.15) is 0 Å². The molecule has 1 aliphatic heterocycles. The predicted octanol–water partition coefficient (Wildman–Crippen LogP) is 3.11. The van der Waals surface area contributed by atoms with Gasteiger partial charge < -0.3 is 19.5 Å². The molecule has 118 valence electrons. The van der Waals surface area contributed by atoms with Crippen LogP contribution in [0.15, 0.2) is 36.4 Å². The van der Waals surface area contributed by atoms with Crippen molar-refractivity contribution in [1.29, 1.82) is 0 Å². The highest BCUT2D eigenvalue weighted by Crippen LogP contribution is 2.36. The predicted molar refractivity (Wildman–Crippen MR) is 83.3 cm³/mol. The van der Waals surface area contributed by atoms with Crippen LogP contribution in [0.3, 0.4) is 0 Å². The van der Waals surface area contributed by atoms with E-state index >= 15 is 0 Å². The molecule has 6 nitrogen and oxygen atoms in total. The monoisotopic (exact) mass is 333 g/mol. The Hall–Kier alpha value is -2.73. The fourth-order valence-corrected chi connectivity index (χ4v) is 2.33. The first-order chi connectivity index (χ1) is 11.1. The lowest BCUT2D eigenvalue weighted by molar-refractivity contribution is 0.0600. The molecule has 2 aromatic carbocycles. The Balaban J connectivity index is 1.89. The summed E-state index contributed by atoms with van der Waals surface area (Å²) in [6.45, 7) is 0.0677. The molecule has 1 heterocycles. The van der Waals surface area contributed by atoms with Crippen molar-refractivity contribution in [2.24, 2.45) is 0 Å². The summed E-state index contributed by atoms with van der Waals surface area (Å²) in [6, 6.07) is 9.49. The van der Waals surface area contributed by atoms with Crippen molar-refractivity contribution in [2.45, 2.75) is 0 Å². The molecule has 23 heavy (non-hydrogen) atoms. The van der Waals surface area contributed by atoms with Gasteiger partial charge in [-0.25, -0.2) is 4.79 Å². The van der Waals surface area contributed by atoms with Gasteiger partial charge in [-0.3, -0.25) is 4.79 Å². The summed E-state index contributed by atoms with van der Waals surface area (Å²) in [5.41, 5.74) is 0.903. The number of carbonyl (C=O) groups excluding carboxylic acids is 2. The second kappa shape index (κ2) is 6.18. The van der Waals surface area contributed by atoms with Gasteiger partial charge >= 0.3 is 5.97 Å². The highest BCUT2D eigenvalue weighted by atomic mass is 35.5. The number of amides is 1. The molecule has 2 aromatic rings.